The van der Waals surface area contributed by atoms with E-state index in [0.717, 1.165) is 22.0 Å². The molecular weight excluding hydrogens is 342 g/mol. The van der Waals surface area contributed by atoms with Crippen LogP contribution in [0.3, 0.4) is 0 Å². The Morgan fingerprint density at radius 2 is 2.00 bits per heavy atom. The molecule has 0 spiro atoms. The summed E-state index contributed by atoms with van der Waals surface area (Å²) in [5.74, 6) is 0.288. The first-order valence-corrected chi connectivity index (χ1v) is 7.46. The number of nitrogens with zero attached hydrogens (tertiary/aromatic N) is 2. The van der Waals surface area contributed by atoms with Crippen LogP contribution < -0.4 is 10.6 Å². The van der Waals surface area contributed by atoms with Gasteiger partial charge in [-0.1, -0.05) is 46.3 Å². The molecular formula is C17H12BrN3O. The van der Waals surface area contributed by atoms with Crippen LogP contribution in [0.15, 0.2) is 58.8 Å². The molecule has 1 aliphatic rings. The number of anilines is 1. The summed E-state index contributed by atoms with van der Waals surface area (Å²) in [7, 11) is 0. The molecule has 22 heavy (non-hydrogen) atoms. The minimum Gasteiger partial charge on any atom is -0.384 e. The van der Waals surface area contributed by atoms with E-state index in [2.05, 4.69) is 22.0 Å². The fraction of sp³-hybridized carbons (Fsp3) is 0.0588. The van der Waals surface area contributed by atoms with Gasteiger partial charge < -0.3 is 15.4 Å². The second kappa shape index (κ2) is 5.66. The number of carbonyl (C=O) groups is 1. The van der Waals surface area contributed by atoms with Crippen molar-refractivity contribution in [2.45, 2.75) is 6.04 Å². The summed E-state index contributed by atoms with van der Waals surface area (Å²) in [6.07, 6.45) is 0.848. The highest BCUT2D eigenvalue weighted by Crippen LogP contribution is 2.39. The third kappa shape index (κ3) is 2.18. The smallest absolute Gasteiger partial charge is 0.147 e. The molecule has 5 heteroatoms. The molecule has 2 N–H and O–H groups in total. The van der Waals surface area contributed by atoms with E-state index in [1.54, 1.807) is 4.90 Å². The number of nitrogens with two attached hydrogens (primary N) is 1. The molecule has 1 atom stereocenters. The maximum Gasteiger partial charge on any atom is 0.147 e. The van der Waals surface area contributed by atoms with E-state index in [0.29, 0.717) is 11.1 Å². The van der Waals surface area contributed by atoms with Gasteiger partial charge in [-0.05, 0) is 23.8 Å². The number of allylic oxidation sites excluding steroid dienone is 1. The molecule has 108 valence electrons. The van der Waals surface area contributed by atoms with E-state index in [9.17, 15) is 10.1 Å². The minimum absolute atomic E-state index is 0.288. The maximum absolute atomic E-state index is 11.7. The topological polar surface area (TPSA) is 70.1 Å². The highest BCUT2D eigenvalue weighted by Gasteiger charge is 2.32. The van der Waals surface area contributed by atoms with E-state index in [-0.39, 0.29) is 5.82 Å². The number of benzene rings is 2. The van der Waals surface area contributed by atoms with Gasteiger partial charge in [-0.15, -0.1) is 0 Å². The van der Waals surface area contributed by atoms with E-state index in [1.165, 1.54) is 0 Å². The summed E-state index contributed by atoms with van der Waals surface area (Å²) in [4.78, 5) is 13.4. The van der Waals surface area contributed by atoms with Crippen molar-refractivity contribution in [3.05, 3.63) is 70.0 Å². The van der Waals surface area contributed by atoms with Crippen molar-refractivity contribution < 1.29 is 4.79 Å². The third-order valence-electron chi connectivity index (χ3n) is 3.67. The maximum atomic E-state index is 11.7. The first-order valence-electron chi connectivity index (χ1n) is 6.66. The second-order valence-corrected chi connectivity index (χ2v) is 5.81. The summed E-state index contributed by atoms with van der Waals surface area (Å²) in [6.45, 7) is 0. The Morgan fingerprint density at radius 1 is 1.23 bits per heavy atom. The number of hydrogen-bond donors (Lipinski definition) is 1. The van der Waals surface area contributed by atoms with Gasteiger partial charge in [0, 0.05) is 15.7 Å². The van der Waals surface area contributed by atoms with Gasteiger partial charge in [0.15, 0.2) is 0 Å². The number of aldehydes is 1. The molecule has 2 aromatic carbocycles. The fourth-order valence-electron chi connectivity index (χ4n) is 2.71. The zero-order valence-electron chi connectivity index (χ0n) is 11.5. The van der Waals surface area contributed by atoms with Gasteiger partial charge in [0.25, 0.3) is 0 Å². The molecule has 0 saturated carbocycles. The van der Waals surface area contributed by atoms with E-state index in [1.807, 2.05) is 48.5 Å². The molecule has 0 aromatic heterocycles. The normalized spacial score (nSPS) is 16.9. The fourth-order valence-corrected chi connectivity index (χ4v) is 3.09. The second-order valence-electron chi connectivity index (χ2n) is 4.89. The average Bonchev–Trinajstić information content (AvgIpc) is 2.53. The standard InChI is InChI=1S/C17H12BrN3O/c18-11-4-3-5-12(8-11)21-16(10-22)14-7-2-1-6-13(14)15(9-19)17(21)20/h1-8,10,16H,20H2. The Kier molecular flexibility index (Phi) is 3.70. The zero-order valence-corrected chi connectivity index (χ0v) is 13.1. The van der Waals surface area contributed by atoms with Crippen molar-refractivity contribution in [1.82, 2.24) is 0 Å². The van der Waals surface area contributed by atoms with E-state index >= 15 is 0 Å². The van der Waals surface area contributed by atoms with Crippen LogP contribution in [-0.4, -0.2) is 6.29 Å². The van der Waals surface area contributed by atoms with Gasteiger partial charge >= 0.3 is 0 Å². The lowest BCUT2D eigenvalue weighted by atomic mass is 9.90. The molecule has 3 rings (SSSR count). The van der Waals surface area contributed by atoms with Crippen LogP contribution in [0.4, 0.5) is 5.69 Å². The first kappa shape index (κ1) is 14.4. The van der Waals surface area contributed by atoms with Crippen molar-refractivity contribution in [3.8, 4) is 6.07 Å². The van der Waals surface area contributed by atoms with Crippen LogP contribution in [0.2, 0.25) is 0 Å². The van der Waals surface area contributed by atoms with Crippen LogP contribution in [-0.2, 0) is 4.79 Å². The van der Waals surface area contributed by atoms with Gasteiger partial charge in [0.2, 0.25) is 0 Å². The predicted octanol–water partition coefficient (Wildman–Crippen LogP) is 3.36. The van der Waals surface area contributed by atoms with Crippen molar-refractivity contribution >= 4 is 33.5 Å². The summed E-state index contributed by atoms with van der Waals surface area (Å²) in [6, 6.07) is 16.4. The van der Waals surface area contributed by atoms with Crippen LogP contribution in [0.25, 0.3) is 5.57 Å². The molecule has 1 heterocycles. The molecule has 1 aliphatic heterocycles. The monoisotopic (exact) mass is 353 g/mol. The lowest BCUT2D eigenvalue weighted by molar-refractivity contribution is -0.109. The highest BCUT2D eigenvalue weighted by atomic mass is 79.9. The average molecular weight is 354 g/mol. The largest absolute Gasteiger partial charge is 0.384 e. The molecule has 0 saturated heterocycles. The molecule has 2 aromatic rings. The number of fused-ring (bicyclic) bond motifs is 1. The Balaban J connectivity index is 2.27. The van der Waals surface area contributed by atoms with Crippen LogP contribution >= 0.6 is 15.9 Å². The zero-order chi connectivity index (χ0) is 15.7. The highest BCUT2D eigenvalue weighted by molar-refractivity contribution is 9.10. The van der Waals surface area contributed by atoms with Crippen LogP contribution in [0.5, 0.6) is 0 Å². The van der Waals surface area contributed by atoms with Gasteiger partial charge in [0.1, 0.15) is 24.2 Å². The van der Waals surface area contributed by atoms with Gasteiger partial charge in [-0.25, -0.2) is 0 Å². The lowest BCUT2D eigenvalue weighted by Gasteiger charge is -2.36. The molecule has 0 bridgehead atoms. The van der Waals surface area contributed by atoms with E-state index < -0.39 is 6.04 Å². The van der Waals surface area contributed by atoms with Crippen molar-refractivity contribution in [3.63, 3.8) is 0 Å². The Bertz CT molecular complexity index is 823. The molecule has 4 nitrogen and oxygen atoms in total. The SMILES string of the molecule is N#CC1=C(N)N(c2cccc(Br)c2)C(C=O)c2ccccc21. The summed E-state index contributed by atoms with van der Waals surface area (Å²) in [5, 5.41) is 9.47. The van der Waals surface area contributed by atoms with Crippen molar-refractivity contribution in [1.29, 1.82) is 5.26 Å². The number of carbonyl (C=O) groups excluding carboxylic acids is 1. The van der Waals surface area contributed by atoms with Crippen LogP contribution in [0.1, 0.15) is 17.2 Å². The summed E-state index contributed by atoms with van der Waals surface area (Å²) >= 11 is 3.42. The Morgan fingerprint density at radius 3 is 2.68 bits per heavy atom. The molecule has 1 unspecified atom stereocenters. The number of rotatable bonds is 2. The molecule has 0 radical (unpaired) electrons. The molecule has 0 amide bonds. The molecule has 0 fully saturated rings. The van der Waals surface area contributed by atoms with Crippen molar-refractivity contribution in [2.75, 3.05) is 4.90 Å². The number of nitriles is 1. The summed E-state index contributed by atoms with van der Waals surface area (Å²) < 4.78 is 0.875. The lowest BCUT2D eigenvalue weighted by Crippen LogP contribution is -2.37. The predicted molar refractivity (Wildman–Crippen MR) is 88.6 cm³/mol. The van der Waals surface area contributed by atoms with E-state index in [4.69, 9.17) is 5.73 Å². The number of halogens is 1. The summed E-state index contributed by atoms with van der Waals surface area (Å²) in [5.41, 5.74) is 8.84. The Hall–Kier alpha value is -2.58. The number of hydrogen-bond acceptors (Lipinski definition) is 4. The van der Waals surface area contributed by atoms with Crippen molar-refractivity contribution in [2.24, 2.45) is 5.73 Å². The Labute approximate surface area is 136 Å². The van der Waals surface area contributed by atoms with Gasteiger partial charge in [-0.2, -0.15) is 5.26 Å². The van der Waals surface area contributed by atoms with Crippen LogP contribution in [0, 0.1) is 11.3 Å². The quantitative estimate of drug-likeness (QED) is 0.840. The minimum atomic E-state index is -0.553. The van der Waals surface area contributed by atoms with Gasteiger partial charge in [-0.3, -0.25) is 0 Å². The molecule has 0 aliphatic carbocycles. The third-order valence-corrected chi connectivity index (χ3v) is 4.16. The van der Waals surface area contributed by atoms with Gasteiger partial charge in [0.05, 0.1) is 5.57 Å². The first-order chi connectivity index (χ1) is 10.7.